The molecule has 1 aromatic carbocycles. The van der Waals surface area contributed by atoms with Gasteiger partial charge in [-0.05, 0) is 51.0 Å². The molecule has 0 N–H and O–H groups in total. The number of likely N-dealkylation sites (tertiary alicyclic amines) is 1. The van der Waals surface area contributed by atoms with Gasteiger partial charge in [-0.15, -0.1) is 0 Å². The second-order valence-electron chi connectivity index (χ2n) is 6.72. The lowest BCUT2D eigenvalue weighted by atomic mass is 9.92. The van der Waals surface area contributed by atoms with Gasteiger partial charge in [0.2, 0.25) is 5.91 Å². The molecule has 1 atom stereocenters. The molecule has 1 aliphatic heterocycles. The molecule has 2 aromatic rings. The van der Waals surface area contributed by atoms with Crippen LogP contribution in [-0.2, 0) is 11.2 Å². The zero-order valence-electron chi connectivity index (χ0n) is 14.6. The summed E-state index contributed by atoms with van der Waals surface area (Å²) in [6.07, 6.45) is 4.56. The van der Waals surface area contributed by atoms with Gasteiger partial charge >= 0.3 is 0 Å². The topological polar surface area (TPSA) is 46.3 Å². The van der Waals surface area contributed by atoms with E-state index in [0.29, 0.717) is 12.3 Å². The molecule has 0 unspecified atom stereocenters. The molecular weight excluding hydrogens is 300 g/mol. The SMILES string of the molecule is Cc1noc(C)c1CCC(=O)N1CCC[C@@H](c2ccccc2)CC1. The first-order valence-electron chi connectivity index (χ1n) is 8.89. The van der Waals surface area contributed by atoms with Gasteiger partial charge in [0.05, 0.1) is 5.69 Å². The molecule has 128 valence electrons. The maximum Gasteiger partial charge on any atom is 0.222 e. The van der Waals surface area contributed by atoms with Gasteiger partial charge in [0.15, 0.2) is 0 Å². The van der Waals surface area contributed by atoms with Crippen LogP contribution in [0.1, 0.15) is 54.2 Å². The quantitative estimate of drug-likeness (QED) is 0.852. The van der Waals surface area contributed by atoms with Crippen molar-refractivity contribution in [3.05, 3.63) is 52.9 Å². The molecule has 4 nitrogen and oxygen atoms in total. The van der Waals surface area contributed by atoms with Gasteiger partial charge in [-0.25, -0.2) is 0 Å². The van der Waals surface area contributed by atoms with Gasteiger partial charge in [-0.2, -0.15) is 0 Å². The minimum atomic E-state index is 0.253. The molecule has 2 heterocycles. The van der Waals surface area contributed by atoms with E-state index in [1.807, 2.05) is 18.7 Å². The van der Waals surface area contributed by atoms with Gasteiger partial charge in [0.25, 0.3) is 0 Å². The molecule has 1 aromatic heterocycles. The molecular formula is C20H26N2O2. The summed E-state index contributed by atoms with van der Waals surface area (Å²) in [4.78, 5) is 14.6. The molecule has 0 bridgehead atoms. The Bertz CT molecular complexity index is 659. The lowest BCUT2D eigenvalue weighted by Crippen LogP contribution is -2.32. The van der Waals surface area contributed by atoms with Gasteiger partial charge < -0.3 is 9.42 Å². The summed E-state index contributed by atoms with van der Waals surface area (Å²) in [5, 5.41) is 3.97. The molecule has 0 spiro atoms. The Morgan fingerprint density at radius 2 is 2.00 bits per heavy atom. The first-order chi connectivity index (χ1) is 11.6. The van der Waals surface area contributed by atoms with Gasteiger partial charge in [0, 0.05) is 25.1 Å². The van der Waals surface area contributed by atoms with Crippen molar-refractivity contribution in [2.75, 3.05) is 13.1 Å². The van der Waals surface area contributed by atoms with Crippen LogP contribution < -0.4 is 0 Å². The van der Waals surface area contributed by atoms with Crippen LogP contribution in [0.15, 0.2) is 34.9 Å². The smallest absolute Gasteiger partial charge is 0.222 e. The van der Waals surface area contributed by atoms with Crippen molar-refractivity contribution in [2.45, 2.75) is 51.9 Å². The molecule has 4 heteroatoms. The van der Waals surface area contributed by atoms with Crippen LogP contribution >= 0.6 is 0 Å². The Morgan fingerprint density at radius 1 is 1.21 bits per heavy atom. The monoisotopic (exact) mass is 326 g/mol. The summed E-state index contributed by atoms with van der Waals surface area (Å²) >= 11 is 0. The van der Waals surface area contributed by atoms with Crippen molar-refractivity contribution in [3.8, 4) is 0 Å². The highest BCUT2D eigenvalue weighted by atomic mass is 16.5. The maximum absolute atomic E-state index is 12.6. The second kappa shape index (κ2) is 7.65. The summed E-state index contributed by atoms with van der Waals surface area (Å²) in [6, 6.07) is 10.7. The number of hydrogen-bond acceptors (Lipinski definition) is 3. The van der Waals surface area contributed by atoms with E-state index >= 15 is 0 Å². The van der Waals surface area contributed by atoms with Gasteiger partial charge in [-0.3, -0.25) is 4.79 Å². The average molecular weight is 326 g/mol. The Morgan fingerprint density at radius 3 is 2.71 bits per heavy atom. The highest BCUT2D eigenvalue weighted by Gasteiger charge is 2.22. The van der Waals surface area contributed by atoms with Crippen LogP contribution in [0, 0.1) is 13.8 Å². The third kappa shape index (κ3) is 3.86. The number of nitrogens with zero attached hydrogens (tertiary/aromatic N) is 2. The number of hydrogen-bond donors (Lipinski definition) is 0. The average Bonchev–Trinajstić information content (AvgIpc) is 2.81. The molecule has 1 saturated heterocycles. The molecule has 3 rings (SSSR count). The first-order valence-corrected chi connectivity index (χ1v) is 8.89. The van der Waals surface area contributed by atoms with Crippen LogP contribution in [0.3, 0.4) is 0 Å². The fourth-order valence-corrected chi connectivity index (χ4v) is 3.65. The zero-order valence-corrected chi connectivity index (χ0v) is 14.6. The Balaban J connectivity index is 1.55. The Hall–Kier alpha value is -2.10. The third-order valence-electron chi connectivity index (χ3n) is 5.12. The molecule has 0 saturated carbocycles. The van der Waals surface area contributed by atoms with E-state index in [4.69, 9.17) is 4.52 Å². The third-order valence-corrected chi connectivity index (χ3v) is 5.12. The van der Waals surface area contributed by atoms with Crippen LogP contribution in [0.2, 0.25) is 0 Å². The lowest BCUT2D eigenvalue weighted by molar-refractivity contribution is -0.131. The summed E-state index contributed by atoms with van der Waals surface area (Å²) < 4.78 is 5.18. The number of benzene rings is 1. The van der Waals surface area contributed by atoms with E-state index in [9.17, 15) is 4.79 Å². The highest BCUT2D eigenvalue weighted by Crippen LogP contribution is 2.28. The van der Waals surface area contributed by atoms with E-state index in [1.54, 1.807) is 0 Å². The number of rotatable bonds is 4. The van der Waals surface area contributed by atoms with Crippen molar-refractivity contribution in [2.24, 2.45) is 0 Å². The number of amides is 1. The van der Waals surface area contributed by atoms with E-state index in [-0.39, 0.29) is 5.91 Å². The molecule has 1 amide bonds. The molecule has 1 fully saturated rings. The fraction of sp³-hybridized carbons (Fsp3) is 0.500. The van der Waals surface area contributed by atoms with E-state index in [2.05, 4.69) is 35.5 Å². The van der Waals surface area contributed by atoms with E-state index in [1.165, 1.54) is 5.56 Å². The lowest BCUT2D eigenvalue weighted by Gasteiger charge is -2.21. The van der Waals surface area contributed by atoms with Crippen molar-refractivity contribution >= 4 is 5.91 Å². The van der Waals surface area contributed by atoms with E-state index in [0.717, 1.165) is 55.8 Å². The highest BCUT2D eigenvalue weighted by molar-refractivity contribution is 5.76. The Labute approximate surface area is 143 Å². The van der Waals surface area contributed by atoms with Gasteiger partial charge in [0.1, 0.15) is 5.76 Å². The first kappa shape index (κ1) is 16.7. The molecule has 24 heavy (non-hydrogen) atoms. The number of carbonyl (C=O) groups is 1. The zero-order chi connectivity index (χ0) is 16.9. The minimum absolute atomic E-state index is 0.253. The second-order valence-corrected chi connectivity index (χ2v) is 6.72. The number of carbonyl (C=O) groups excluding carboxylic acids is 1. The van der Waals surface area contributed by atoms with Gasteiger partial charge in [-0.1, -0.05) is 35.5 Å². The van der Waals surface area contributed by atoms with Crippen LogP contribution in [-0.4, -0.2) is 29.1 Å². The van der Waals surface area contributed by atoms with Crippen molar-refractivity contribution in [1.82, 2.24) is 10.1 Å². The molecule has 1 aliphatic rings. The van der Waals surface area contributed by atoms with Crippen molar-refractivity contribution in [3.63, 3.8) is 0 Å². The molecule has 0 aliphatic carbocycles. The number of aryl methyl sites for hydroxylation is 2. The summed E-state index contributed by atoms with van der Waals surface area (Å²) in [5.74, 6) is 1.66. The van der Waals surface area contributed by atoms with E-state index < -0.39 is 0 Å². The van der Waals surface area contributed by atoms with Crippen LogP contribution in [0.25, 0.3) is 0 Å². The summed E-state index contributed by atoms with van der Waals surface area (Å²) in [6.45, 7) is 5.59. The normalized spacial score (nSPS) is 18.4. The standard InChI is InChI=1S/C20H26N2O2/c1-15-19(16(2)24-21-15)10-11-20(23)22-13-6-9-18(12-14-22)17-7-4-3-5-8-17/h3-5,7-8,18H,6,9-14H2,1-2H3/t18-/m1/s1. The summed E-state index contributed by atoms with van der Waals surface area (Å²) in [5.41, 5.74) is 3.39. The largest absolute Gasteiger partial charge is 0.361 e. The minimum Gasteiger partial charge on any atom is -0.361 e. The maximum atomic E-state index is 12.6. The predicted octanol–water partition coefficient (Wildman–Crippen LogP) is 4.02. The molecule has 0 radical (unpaired) electrons. The van der Waals surface area contributed by atoms with Crippen molar-refractivity contribution < 1.29 is 9.32 Å². The summed E-state index contributed by atoms with van der Waals surface area (Å²) in [7, 11) is 0. The number of aromatic nitrogens is 1. The van der Waals surface area contributed by atoms with Crippen LogP contribution in [0.4, 0.5) is 0 Å². The van der Waals surface area contributed by atoms with Crippen molar-refractivity contribution in [1.29, 1.82) is 0 Å². The van der Waals surface area contributed by atoms with Crippen LogP contribution in [0.5, 0.6) is 0 Å². The Kier molecular flexibility index (Phi) is 5.34. The predicted molar refractivity (Wildman–Crippen MR) is 93.9 cm³/mol. The fourth-order valence-electron chi connectivity index (χ4n) is 3.65.